The summed E-state index contributed by atoms with van der Waals surface area (Å²) >= 11 is 0. The molecule has 0 radical (unpaired) electrons. The Kier molecular flexibility index (Phi) is 4.95. The molecule has 1 aromatic rings. The molecule has 7 heteroatoms. The van der Waals surface area contributed by atoms with Crippen LogP contribution in [0.25, 0.3) is 0 Å². The van der Waals surface area contributed by atoms with Crippen molar-refractivity contribution in [2.45, 2.75) is 57.2 Å². The number of para-hydroxylation sites is 1. The number of hydrogen-bond acceptors (Lipinski definition) is 6. The molecule has 0 bridgehead atoms. The molecule has 1 unspecified atom stereocenters. The van der Waals surface area contributed by atoms with Crippen molar-refractivity contribution in [1.29, 1.82) is 0 Å². The topological polar surface area (TPSA) is 73.9 Å². The molecule has 2 saturated heterocycles. The van der Waals surface area contributed by atoms with E-state index in [1.807, 2.05) is 19.2 Å². The van der Waals surface area contributed by atoms with Gasteiger partial charge in [-0.3, -0.25) is 14.9 Å². The number of benzene rings is 1. The number of imide groups is 1. The van der Waals surface area contributed by atoms with Crippen LogP contribution in [0.4, 0.5) is 11.4 Å². The standard InChI is InChI=1S/C21H30N4O3/c1-21(2)13-25(17-7-8-18(26)23-20(17)27)16-6-4-5-15(19(16)28-21)24-11-9-14(22-3)10-12-24/h4-6,14,17,22H,7-13H2,1-3H3,(H,23,26,27). The maximum absolute atomic E-state index is 12.5. The van der Waals surface area contributed by atoms with Gasteiger partial charge in [0.2, 0.25) is 11.8 Å². The summed E-state index contributed by atoms with van der Waals surface area (Å²) in [6.07, 6.45) is 3.11. The van der Waals surface area contributed by atoms with E-state index >= 15 is 0 Å². The van der Waals surface area contributed by atoms with Gasteiger partial charge in [0.05, 0.1) is 17.9 Å². The molecule has 28 heavy (non-hydrogen) atoms. The van der Waals surface area contributed by atoms with Gasteiger partial charge in [-0.05, 0) is 52.3 Å². The lowest BCUT2D eigenvalue weighted by Crippen LogP contribution is -2.58. The maximum Gasteiger partial charge on any atom is 0.249 e. The highest BCUT2D eigenvalue weighted by Gasteiger charge is 2.41. The van der Waals surface area contributed by atoms with Gasteiger partial charge >= 0.3 is 0 Å². The Morgan fingerprint density at radius 3 is 2.54 bits per heavy atom. The van der Waals surface area contributed by atoms with Gasteiger partial charge in [0.25, 0.3) is 0 Å². The average Bonchev–Trinajstić information content (AvgIpc) is 2.66. The van der Waals surface area contributed by atoms with Crippen molar-refractivity contribution in [1.82, 2.24) is 10.6 Å². The lowest BCUT2D eigenvalue weighted by atomic mass is 9.97. The first-order valence-corrected chi connectivity index (χ1v) is 10.2. The molecule has 2 N–H and O–H groups in total. The first-order valence-electron chi connectivity index (χ1n) is 10.2. The van der Waals surface area contributed by atoms with Crippen LogP contribution in [0, 0.1) is 0 Å². The molecule has 4 rings (SSSR count). The number of carbonyl (C=O) groups excluding carboxylic acids is 2. The number of rotatable bonds is 3. The number of piperidine rings is 2. The highest BCUT2D eigenvalue weighted by Crippen LogP contribution is 2.45. The Bertz CT molecular complexity index is 771. The number of carbonyl (C=O) groups is 2. The van der Waals surface area contributed by atoms with E-state index in [1.165, 1.54) is 0 Å². The summed E-state index contributed by atoms with van der Waals surface area (Å²) in [5.74, 6) is 0.460. The minimum Gasteiger partial charge on any atom is -0.482 e. The van der Waals surface area contributed by atoms with Gasteiger partial charge in [0.1, 0.15) is 11.6 Å². The second kappa shape index (κ2) is 7.28. The van der Waals surface area contributed by atoms with Gasteiger partial charge in [0.15, 0.2) is 5.75 Å². The van der Waals surface area contributed by atoms with Crippen LogP contribution in [0.2, 0.25) is 0 Å². The lowest BCUT2D eigenvalue weighted by molar-refractivity contribution is -0.134. The zero-order chi connectivity index (χ0) is 19.9. The molecule has 0 aliphatic carbocycles. The van der Waals surface area contributed by atoms with Crippen LogP contribution in [0.15, 0.2) is 18.2 Å². The lowest BCUT2D eigenvalue weighted by Gasteiger charge is -2.46. The molecular formula is C21H30N4O3. The van der Waals surface area contributed by atoms with Gasteiger partial charge < -0.3 is 19.9 Å². The SMILES string of the molecule is CNC1CCN(c2cccc3c2OC(C)(C)CN3C2CCC(=O)NC2=O)CC1. The highest BCUT2D eigenvalue weighted by atomic mass is 16.5. The van der Waals surface area contributed by atoms with Crippen LogP contribution in [-0.2, 0) is 9.59 Å². The molecule has 0 spiro atoms. The largest absolute Gasteiger partial charge is 0.482 e. The van der Waals surface area contributed by atoms with Gasteiger partial charge in [0, 0.05) is 25.6 Å². The van der Waals surface area contributed by atoms with Crippen molar-refractivity contribution < 1.29 is 14.3 Å². The van der Waals surface area contributed by atoms with Gasteiger partial charge in [-0.25, -0.2) is 0 Å². The molecule has 3 aliphatic heterocycles. The zero-order valence-corrected chi connectivity index (χ0v) is 17.0. The third-order valence-electron chi connectivity index (χ3n) is 6.04. The summed E-state index contributed by atoms with van der Waals surface area (Å²) in [6, 6.07) is 6.40. The third kappa shape index (κ3) is 3.55. The fourth-order valence-corrected chi connectivity index (χ4v) is 4.56. The molecule has 2 fully saturated rings. The molecule has 7 nitrogen and oxygen atoms in total. The van der Waals surface area contributed by atoms with Crippen LogP contribution >= 0.6 is 0 Å². The number of nitrogens with one attached hydrogen (secondary N) is 2. The molecule has 1 aromatic carbocycles. The number of hydrogen-bond donors (Lipinski definition) is 2. The summed E-state index contributed by atoms with van der Waals surface area (Å²) in [5, 5.41) is 5.87. The zero-order valence-electron chi connectivity index (χ0n) is 17.0. The van der Waals surface area contributed by atoms with Crippen molar-refractivity contribution >= 4 is 23.2 Å². The molecular weight excluding hydrogens is 356 g/mol. The number of fused-ring (bicyclic) bond motifs is 1. The second-order valence-corrected chi connectivity index (χ2v) is 8.63. The summed E-state index contributed by atoms with van der Waals surface area (Å²) in [7, 11) is 2.02. The van der Waals surface area contributed by atoms with E-state index in [0.29, 0.717) is 25.4 Å². The van der Waals surface area contributed by atoms with Crippen LogP contribution in [0.1, 0.15) is 39.5 Å². The second-order valence-electron chi connectivity index (χ2n) is 8.63. The summed E-state index contributed by atoms with van der Waals surface area (Å²) in [6.45, 7) is 6.67. The smallest absolute Gasteiger partial charge is 0.249 e. The van der Waals surface area contributed by atoms with Crippen molar-refractivity contribution in [2.75, 3.05) is 36.5 Å². The van der Waals surface area contributed by atoms with Gasteiger partial charge in [-0.1, -0.05) is 6.07 Å². The van der Waals surface area contributed by atoms with E-state index in [9.17, 15) is 9.59 Å². The Labute approximate surface area is 166 Å². The quantitative estimate of drug-likeness (QED) is 0.770. The minimum absolute atomic E-state index is 0.185. The van der Waals surface area contributed by atoms with Crippen LogP contribution in [-0.4, -0.2) is 56.2 Å². The fraction of sp³-hybridized carbons (Fsp3) is 0.619. The van der Waals surface area contributed by atoms with Crippen molar-refractivity contribution in [3.05, 3.63) is 18.2 Å². The fourth-order valence-electron chi connectivity index (χ4n) is 4.56. The van der Waals surface area contributed by atoms with Gasteiger partial charge in [-0.15, -0.1) is 0 Å². The van der Waals surface area contributed by atoms with E-state index in [1.54, 1.807) is 0 Å². The number of ether oxygens (including phenoxy) is 1. The van der Waals surface area contributed by atoms with E-state index < -0.39 is 5.60 Å². The highest BCUT2D eigenvalue weighted by molar-refractivity contribution is 6.02. The van der Waals surface area contributed by atoms with Crippen molar-refractivity contribution in [2.24, 2.45) is 0 Å². The molecule has 1 atom stereocenters. The summed E-state index contributed by atoms with van der Waals surface area (Å²) in [4.78, 5) is 28.7. The average molecular weight is 386 g/mol. The Morgan fingerprint density at radius 1 is 1.14 bits per heavy atom. The number of nitrogens with zero attached hydrogens (tertiary/aromatic N) is 2. The predicted molar refractivity (Wildman–Crippen MR) is 109 cm³/mol. The first-order chi connectivity index (χ1) is 13.4. The normalized spacial score (nSPS) is 25.2. The predicted octanol–water partition coefficient (Wildman–Crippen LogP) is 1.66. The van der Waals surface area contributed by atoms with E-state index in [-0.39, 0.29) is 17.9 Å². The molecule has 2 amide bonds. The molecule has 0 aromatic heterocycles. The Morgan fingerprint density at radius 2 is 1.86 bits per heavy atom. The summed E-state index contributed by atoms with van der Waals surface area (Å²) in [5.41, 5.74) is 1.62. The van der Waals surface area contributed by atoms with Crippen LogP contribution in [0.3, 0.4) is 0 Å². The van der Waals surface area contributed by atoms with Crippen LogP contribution in [0.5, 0.6) is 5.75 Å². The van der Waals surface area contributed by atoms with Crippen molar-refractivity contribution in [3.63, 3.8) is 0 Å². The monoisotopic (exact) mass is 386 g/mol. The molecule has 3 aliphatic rings. The van der Waals surface area contributed by atoms with E-state index in [2.05, 4.69) is 40.3 Å². The summed E-state index contributed by atoms with van der Waals surface area (Å²) < 4.78 is 6.44. The minimum atomic E-state index is -0.422. The van der Waals surface area contributed by atoms with E-state index in [4.69, 9.17) is 4.74 Å². The van der Waals surface area contributed by atoms with Gasteiger partial charge in [-0.2, -0.15) is 0 Å². The van der Waals surface area contributed by atoms with Crippen LogP contribution < -0.4 is 25.2 Å². The Balaban J connectivity index is 1.67. The van der Waals surface area contributed by atoms with Crippen molar-refractivity contribution in [3.8, 4) is 5.75 Å². The Hall–Kier alpha value is -2.28. The molecule has 3 heterocycles. The number of anilines is 2. The maximum atomic E-state index is 12.5. The molecule has 152 valence electrons. The van der Waals surface area contributed by atoms with E-state index in [0.717, 1.165) is 43.1 Å². The number of amides is 2. The first kappa shape index (κ1) is 19.1. The molecule has 0 saturated carbocycles. The third-order valence-corrected chi connectivity index (χ3v) is 6.04.